The summed E-state index contributed by atoms with van der Waals surface area (Å²) in [7, 11) is 0. The molecule has 6 rings (SSSR count). The maximum absolute atomic E-state index is 12.7. The van der Waals surface area contributed by atoms with Crippen molar-refractivity contribution in [2.75, 3.05) is 6.54 Å². The van der Waals surface area contributed by atoms with Crippen molar-refractivity contribution in [2.45, 2.75) is 31.8 Å². The van der Waals surface area contributed by atoms with E-state index in [4.69, 9.17) is 14.4 Å². The van der Waals surface area contributed by atoms with Crippen LogP contribution in [0.4, 0.5) is 0 Å². The van der Waals surface area contributed by atoms with E-state index >= 15 is 0 Å². The molecule has 1 N–H and O–H groups in total. The zero-order valence-electron chi connectivity index (χ0n) is 16.3. The molecule has 0 radical (unpaired) electrons. The Labute approximate surface area is 176 Å². The predicted octanol–water partition coefficient (Wildman–Crippen LogP) is 5.01. The van der Waals surface area contributed by atoms with Crippen LogP contribution in [0.3, 0.4) is 0 Å². The van der Waals surface area contributed by atoms with Crippen molar-refractivity contribution in [2.24, 2.45) is 0 Å². The van der Waals surface area contributed by atoms with Gasteiger partial charge in [0.15, 0.2) is 0 Å². The maximum Gasteiger partial charge on any atom is 0.294 e. The lowest BCUT2D eigenvalue weighted by Crippen LogP contribution is -2.34. The maximum atomic E-state index is 12.7. The van der Waals surface area contributed by atoms with Crippen LogP contribution in [-0.2, 0) is 6.54 Å². The highest BCUT2D eigenvalue weighted by atomic mass is 32.1. The number of hydrogen-bond donors (Lipinski definition) is 1. The Bertz CT molecular complexity index is 1400. The number of nitrogens with one attached hydrogen (secondary N) is 1. The van der Waals surface area contributed by atoms with Crippen LogP contribution in [0.15, 0.2) is 57.7 Å². The summed E-state index contributed by atoms with van der Waals surface area (Å²) in [5, 5.41) is 2.02. The standard InChI is InChI=1S/C23H20N4O2S/c28-22-21-20(14-7-1-3-10-17(14)29-21)25-19(26-22)13-27-12-6-5-9-16(27)23-24-15-8-2-4-11-18(15)30-23/h1-4,7-8,10-11,16H,5-6,9,12-13H2,(H,25,26,28)/t16-/m1/s1. The fourth-order valence-electron chi connectivity index (χ4n) is 4.41. The number of fused-ring (bicyclic) bond motifs is 4. The van der Waals surface area contributed by atoms with Gasteiger partial charge in [-0.2, -0.15) is 0 Å². The second-order valence-corrected chi connectivity index (χ2v) is 8.85. The topological polar surface area (TPSA) is 75.0 Å². The summed E-state index contributed by atoms with van der Waals surface area (Å²) in [5.74, 6) is 0.673. The van der Waals surface area contributed by atoms with E-state index in [1.54, 1.807) is 11.3 Å². The number of para-hydroxylation sites is 2. The number of aromatic amines is 1. The molecule has 1 fully saturated rings. The highest BCUT2D eigenvalue weighted by molar-refractivity contribution is 7.18. The Balaban J connectivity index is 1.38. The molecule has 0 unspecified atom stereocenters. The molecule has 1 atom stereocenters. The molecule has 7 heteroatoms. The van der Waals surface area contributed by atoms with Crippen molar-refractivity contribution in [1.82, 2.24) is 19.9 Å². The minimum atomic E-state index is -0.222. The van der Waals surface area contributed by atoms with Crippen LogP contribution in [0, 0.1) is 0 Å². The number of piperidine rings is 1. The molecule has 1 aliphatic heterocycles. The highest BCUT2D eigenvalue weighted by Crippen LogP contribution is 2.36. The number of rotatable bonds is 3. The van der Waals surface area contributed by atoms with Gasteiger partial charge in [0.05, 0.1) is 22.8 Å². The second-order valence-electron chi connectivity index (χ2n) is 7.79. The molecule has 0 aliphatic carbocycles. The summed E-state index contributed by atoms with van der Waals surface area (Å²) in [4.78, 5) is 27.7. The van der Waals surface area contributed by atoms with Gasteiger partial charge in [-0.1, -0.05) is 30.7 Å². The van der Waals surface area contributed by atoms with Gasteiger partial charge < -0.3 is 9.40 Å². The fraction of sp³-hybridized carbons (Fsp3) is 0.261. The molecule has 5 aromatic rings. The van der Waals surface area contributed by atoms with Crippen LogP contribution in [0.1, 0.15) is 36.1 Å². The number of benzene rings is 2. The molecule has 0 amide bonds. The van der Waals surface area contributed by atoms with Crippen LogP contribution in [0.2, 0.25) is 0 Å². The smallest absolute Gasteiger partial charge is 0.294 e. The number of thiazole rings is 1. The lowest BCUT2D eigenvalue weighted by Gasteiger charge is -2.33. The van der Waals surface area contributed by atoms with Crippen molar-refractivity contribution in [3.63, 3.8) is 0 Å². The van der Waals surface area contributed by atoms with E-state index in [9.17, 15) is 4.79 Å². The molecule has 1 saturated heterocycles. The first-order valence-corrected chi connectivity index (χ1v) is 11.1. The zero-order chi connectivity index (χ0) is 20.1. The molecule has 2 aromatic carbocycles. The van der Waals surface area contributed by atoms with Gasteiger partial charge in [0.2, 0.25) is 5.58 Å². The van der Waals surface area contributed by atoms with Crippen molar-refractivity contribution in [3.05, 3.63) is 69.7 Å². The van der Waals surface area contributed by atoms with E-state index < -0.39 is 0 Å². The van der Waals surface area contributed by atoms with Crippen LogP contribution >= 0.6 is 11.3 Å². The van der Waals surface area contributed by atoms with E-state index in [-0.39, 0.29) is 11.6 Å². The normalized spacial score (nSPS) is 17.9. The van der Waals surface area contributed by atoms with Crippen molar-refractivity contribution in [1.29, 1.82) is 0 Å². The molecule has 0 bridgehead atoms. The average molecular weight is 417 g/mol. The highest BCUT2D eigenvalue weighted by Gasteiger charge is 2.27. The molecule has 4 heterocycles. The number of aromatic nitrogens is 3. The SMILES string of the molecule is O=c1[nH]c(CN2CCCC[C@@H]2c2nc3ccccc3s2)nc2c1oc1ccccc12. The summed E-state index contributed by atoms with van der Waals surface area (Å²) in [6.07, 6.45) is 3.40. The Morgan fingerprint density at radius 3 is 2.90 bits per heavy atom. The van der Waals surface area contributed by atoms with E-state index in [1.807, 2.05) is 30.3 Å². The first-order valence-electron chi connectivity index (χ1n) is 10.3. The Hall–Kier alpha value is -3.03. The quantitative estimate of drug-likeness (QED) is 0.448. The first kappa shape index (κ1) is 17.8. The van der Waals surface area contributed by atoms with E-state index in [0.29, 0.717) is 29.1 Å². The molecule has 150 valence electrons. The Kier molecular flexibility index (Phi) is 4.17. The lowest BCUT2D eigenvalue weighted by atomic mass is 10.0. The molecule has 0 spiro atoms. The monoisotopic (exact) mass is 416 g/mol. The summed E-state index contributed by atoms with van der Waals surface area (Å²) < 4.78 is 6.94. The van der Waals surface area contributed by atoms with Crippen LogP contribution < -0.4 is 5.56 Å². The molecule has 1 aliphatic rings. The van der Waals surface area contributed by atoms with Crippen LogP contribution in [-0.4, -0.2) is 26.4 Å². The van der Waals surface area contributed by atoms with Gasteiger partial charge >= 0.3 is 0 Å². The Morgan fingerprint density at radius 1 is 1.10 bits per heavy atom. The van der Waals surface area contributed by atoms with E-state index in [1.165, 1.54) is 11.1 Å². The Morgan fingerprint density at radius 2 is 1.97 bits per heavy atom. The predicted molar refractivity (Wildman–Crippen MR) is 119 cm³/mol. The van der Waals surface area contributed by atoms with Crippen LogP contribution in [0.5, 0.6) is 0 Å². The number of likely N-dealkylation sites (tertiary alicyclic amines) is 1. The second kappa shape index (κ2) is 7.04. The van der Waals surface area contributed by atoms with Gasteiger partial charge in [-0.05, 0) is 43.7 Å². The molecule has 3 aromatic heterocycles. The van der Waals surface area contributed by atoms with Crippen molar-refractivity contribution < 1.29 is 4.42 Å². The molecule has 6 nitrogen and oxygen atoms in total. The van der Waals surface area contributed by atoms with E-state index in [2.05, 4.69) is 28.1 Å². The third-order valence-corrected chi connectivity index (χ3v) is 6.98. The van der Waals surface area contributed by atoms with Crippen molar-refractivity contribution >= 4 is 43.6 Å². The fourth-order valence-corrected chi connectivity index (χ4v) is 5.54. The van der Waals surface area contributed by atoms with Gasteiger partial charge in [-0.3, -0.25) is 9.69 Å². The van der Waals surface area contributed by atoms with Crippen LogP contribution in [0.25, 0.3) is 32.3 Å². The van der Waals surface area contributed by atoms with Gasteiger partial charge in [-0.15, -0.1) is 11.3 Å². The van der Waals surface area contributed by atoms with Crippen molar-refractivity contribution in [3.8, 4) is 0 Å². The number of H-pyrrole nitrogens is 1. The van der Waals surface area contributed by atoms with Gasteiger partial charge in [0.25, 0.3) is 5.56 Å². The summed E-state index contributed by atoms with van der Waals surface area (Å²) in [6, 6.07) is 16.2. The summed E-state index contributed by atoms with van der Waals surface area (Å²) in [6.45, 7) is 1.56. The third-order valence-electron chi connectivity index (χ3n) is 5.84. The molecular weight excluding hydrogens is 396 g/mol. The zero-order valence-corrected chi connectivity index (χ0v) is 17.1. The molecule has 0 saturated carbocycles. The lowest BCUT2D eigenvalue weighted by molar-refractivity contribution is 0.137. The number of hydrogen-bond acceptors (Lipinski definition) is 6. The third kappa shape index (κ3) is 2.93. The summed E-state index contributed by atoms with van der Waals surface area (Å²) >= 11 is 1.77. The largest absolute Gasteiger partial charge is 0.449 e. The molecule has 30 heavy (non-hydrogen) atoms. The first-order chi connectivity index (χ1) is 14.8. The minimum absolute atomic E-state index is 0.222. The van der Waals surface area contributed by atoms with Gasteiger partial charge in [0, 0.05) is 5.39 Å². The summed E-state index contributed by atoms with van der Waals surface area (Å²) in [5.41, 5.74) is 2.45. The van der Waals surface area contributed by atoms with E-state index in [0.717, 1.165) is 35.3 Å². The van der Waals surface area contributed by atoms with Gasteiger partial charge in [0.1, 0.15) is 21.9 Å². The average Bonchev–Trinajstić information content (AvgIpc) is 3.36. The molecular formula is C23H20N4O2S. The van der Waals surface area contributed by atoms with Gasteiger partial charge in [-0.25, -0.2) is 9.97 Å². The minimum Gasteiger partial charge on any atom is -0.449 e. The number of nitrogens with zero attached hydrogens (tertiary/aromatic N) is 3. The number of furan rings is 1.